The number of amides is 2. The van der Waals surface area contributed by atoms with Crippen molar-refractivity contribution in [3.05, 3.63) is 81.2 Å². The highest BCUT2D eigenvalue weighted by atomic mass is 35.5. The molecule has 0 saturated heterocycles. The molecule has 1 fully saturated rings. The number of carboxylic acid groups (broad SMARTS) is 1. The standard InChI is InChI=1S/C28H29Cl2N5O4/c1-35(16-24(36)31-20-4-2-3-5-20)27-22(15-25(37)38)26(30)33-23(34-27)14-17-6-12-21(13-7-17)32-28(39)18-8-10-19(29)11-9-18/h6-13,20H,2-5,14-16H2,1H3,(H,31,36)(H,32,39)(H,37,38). The molecule has 204 valence electrons. The van der Waals surface area contributed by atoms with E-state index in [1.807, 2.05) is 12.1 Å². The lowest BCUT2D eigenvalue weighted by atomic mass is 10.1. The van der Waals surface area contributed by atoms with E-state index in [2.05, 4.69) is 20.6 Å². The quantitative estimate of drug-likeness (QED) is 0.301. The molecular weight excluding hydrogens is 541 g/mol. The van der Waals surface area contributed by atoms with Crippen LogP contribution in [0.15, 0.2) is 48.5 Å². The van der Waals surface area contributed by atoms with Crippen molar-refractivity contribution in [2.24, 2.45) is 0 Å². The van der Waals surface area contributed by atoms with Gasteiger partial charge in [-0.25, -0.2) is 9.97 Å². The van der Waals surface area contributed by atoms with Crippen molar-refractivity contribution < 1.29 is 19.5 Å². The molecule has 2 amide bonds. The number of hydrogen-bond donors (Lipinski definition) is 3. The molecule has 1 heterocycles. The zero-order valence-corrected chi connectivity index (χ0v) is 22.9. The first-order chi connectivity index (χ1) is 18.7. The maximum atomic E-state index is 12.6. The summed E-state index contributed by atoms with van der Waals surface area (Å²) in [6.45, 7) is 0.0118. The molecular formula is C28H29Cl2N5O4. The topological polar surface area (TPSA) is 125 Å². The van der Waals surface area contributed by atoms with Crippen LogP contribution >= 0.6 is 23.2 Å². The number of nitrogens with one attached hydrogen (secondary N) is 2. The summed E-state index contributed by atoms with van der Waals surface area (Å²) in [5.41, 5.74) is 2.21. The van der Waals surface area contributed by atoms with Crippen LogP contribution < -0.4 is 15.5 Å². The molecule has 1 aromatic heterocycles. The van der Waals surface area contributed by atoms with Gasteiger partial charge in [-0.2, -0.15) is 0 Å². The number of halogens is 2. The number of aromatic nitrogens is 2. The van der Waals surface area contributed by atoms with Gasteiger partial charge in [-0.15, -0.1) is 0 Å². The van der Waals surface area contributed by atoms with Crippen molar-refractivity contribution in [1.82, 2.24) is 15.3 Å². The minimum absolute atomic E-state index is 0.0118. The fourth-order valence-corrected chi connectivity index (χ4v) is 4.89. The maximum absolute atomic E-state index is 12.6. The Morgan fingerprint density at radius 2 is 1.67 bits per heavy atom. The van der Waals surface area contributed by atoms with E-state index in [1.165, 1.54) is 0 Å². The summed E-state index contributed by atoms with van der Waals surface area (Å²) in [6, 6.07) is 14.0. The minimum atomic E-state index is -1.07. The van der Waals surface area contributed by atoms with Crippen molar-refractivity contribution in [3.8, 4) is 0 Å². The van der Waals surface area contributed by atoms with E-state index in [0.717, 1.165) is 31.2 Å². The van der Waals surface area contributed by atoms with E-state index in [-0.39, 0.29) is 41.5 Å². The summed E-state index contributed by atoms with van der Waals surface area (Å²) >= 11 is 12.3. The van der Waals surface area contributed by atoms with Crippen molar-refractivity contribution in [1.29, 1.82) is 0 Å². The third-order valence-corrected chi connectivity index (χ3v) is 7.02. The largest absolute Gasteiger partial charge is 0.481 e. The Morgan fingerprint density at radius 1 is 1.00 bits per heavy atom. The average molecular weight is 570 g/mol. The third-order valence-electron chi connectivity index (χ3n) is 6.45. The van der Waals surface area contributed by atoms with Crippen molar-refractivity contribution >= 4 is 52.5 Å². The van der Waals surface area contributed by atoms with Gasteiger partial charge in [0.25, 0.3) is 5.91 Å². The number of nitrogens with zero attached hydrogens (tertiary/aromatic N) is 3. The second-order valence-electron chi connectivity index (χ2n) is 9.54. The number of anilines is 2. The van der Waals surface area contributed by atoms with Gasteiger partial charge < -0.3 is 20.6 Å². The molecule has 4 rings (SSSR count). The molecule has 1 saturated carbocycles. The van der Waals surface area contributed by atoms with Crippen LogP contribution in [0.5, 0.6) is 0 Å². The van der Waals surface area contributed by atoms with E-state index in [1.54, 1.807) is 48.3 Å². The molecule has 0 unspecified atom stereocenters. The lowest BCUT2D eigenvalue weighted by molar-refractivity contribution is -0.136. The van der Waals surface area contributed by atoms with E-state index >= 15 is 0 Å². The molecule has 3 aromatic rings. The summed E-state index contributed by atoms with van der Waals surface area (Å²) in [4.78, 5) is 47.1. The fourth-order valence-electron chi connectivity index (χ4n) is 4.51. The van der Waals surface area contributed by atoms with Crippen LogP contribution in [-0.2, 0) is 22.4 Å². The maximum Gasteiger partial charge on any atom is 0.308 e. The lowest BCUT2D eigenvalue weighted by Crippen LogP contribution is -2.40. The van der Waals surface area contributed by atoms with Crippen molar-refractivity contribution in [2.45, 2.75) is 44.6 Å². The molecule has 2 aromatic carbocycles. The molecule has 3 N–H and O–H groups in total. The van der Waals surface area contributed by atoms with Crippen LogP contribution in [0, 0.1) is 0 Å². The molecule has 0 atom stereocenters. The van der Waals surface area contributed by atoms with Crippen LogP contribution in [0.3, 0.4) is 0 Å². The zero-order chi connectivity index (χ0) is 27.9. The van der Waals surface area contributed by atoms with E-state index < -0.39 is 5.97 Å². The van der Waals surface area contributed by atoms with Crippen LogP contribution in [0.1, 0.15) is 53.0 Å². The van der Waals surface area contributed by atoms with Crippen LogP contribution in [-0.4, -0.2) is 52.5 Å². The number of aliphatic carboxylic acids is 1. The predicted octanol–water partition coefficient (Wildman–Crippen LogP) is 4.75. The first kappa shape index (κ1) is 28.3. The summed E-state index contributed by atoms with van der Waals surface area (Å²) in [5.74, 6) is -0.799. The Bertz CT molecular complexity index is 1340. The summed E-state index contributed by atoms with van der Waals surface area (Å²) in [5, 5.41) is 15.9. The van der Waals surface area contributed by atoms with Crippen molar-refractivity contribution in [3.63, 3.8) is 0 Å². The number of hydrogen-bond acceptors (Lipinski definition) is 6. The minimum Gasteiger partial charge on any atom is -0.481 e. The van der Waals surface area contributed by atoms with Gasteiger partial charge in [-0.3, -0.25) is 14.4 Å². The highest BCUT2D eigenvalue weighted by molar-refractivity contribution is 6.31. The molecule has 1 aliphatic carbocycles. The number of carbonyl (C=O) groups is 3. The van der Waals surface area contributed by atoms with Gasteiger partial charge >= 0.3 is 5.97 Å². The second kappa shape index (κ2) is 12.9. The Balaban J connectivity index is 1.47. The van der Waals surface area contributed by atoms with E-state index in [9.17, 15) is 19.5 Å². The SMILES string of the molecule is CN(CC(=O)NC1CCCC1)c1nc(Cc2ccc(NC(=O)c3ccc(Cl)cc3)cc2)nc(Cl)c1CC(=O)O. The number of carboxylic acids is 1. The molecule has 0 aliphatic heterocycles. The summed E-state index contributed by atoms with van der Waals surface area (Å²) in [7, 11) is 1.68. The lowest BCUT2D eigenvalue weighted by Gasteiger charge is -2.22. The zero-order valence-electron chi connectivity index (χ0n) is 21.4. The van der Waals surface area contributed by atoms with Crippen LogP contribution in [0.4, 0.5) is 11.5 Å². The highest BCUT2D eigenvalue weighted by Gasteiger charge is 2.22. The summed E-state index contributed by atoms with van der Waals surface area (Å²) < 4.78 is 0. The number of carbonyl (C=O) groups excluding carboxylic acids is 2. The average Bonchev–Trinajstić information content (AvgIpc) is 3.39. The van der Waals surface area contributed by atoms with Crippen LogP contribution in [0.25, 0.3) is 0 Å². The van der Waals surface area contributed by atoms with Gasteiger partial charge in [0.05, 0.1) is 13.0 Å². The molecule has 0 radical (unpaired) electrons. The number of benzene rings is 2. The smallest absolute Gasteiger partial charge is 0.308 e. The van der Waals surface area contributed by atoms with Gasteiger partial charge in [0.1, 0.15) is 16.8 Å². The van der Waals surface area contributed by atoms with E-state index in [0.29, 0.717) is 34.3 Å². The van der Waals surface area contributed by atoms with Crippen molar-refractivity contribution in [2.75, 3.05) is 23.8 Å². The molecule has 39 heavy (non-hydrogen) atoms. The van der Waals surface area contributed by atoms with Gasteiger partial charge in [-0.05, 0) is 54.8 Å². The first-order valence-electron chi connectivity index (χ1n) is 12.6. The molecule has 1 aliphatic rings. The molecule has 11 heteroatoms. The highest BCUT2D eigenvalue weighted by Crippen LogP contribution is 2.26. The Kier molecular flexibility index (Phi) is 9.37. The Hall–Kier alpha value is -3.69. The second-order valence-corrected chi connectivity index (χ2v) is 10.3. The van der Waals surface area contributed by atoms with Gasteiger partial charge in [0.2, 0.25) is 5.91 Å². The van der Waals surface area contributed by atoms with E-state index in [4.69, 9.17) is 23.2 Å². The molecule has 0 spiro atoms. The fraction of sp³-hybridized carbons (Fsp3) is 0.321. The Labute approximate surface area is 236 Å². The van der Waals surface area contributed by atoms with Gasteiger partial charge in [-0.1, -0.05) is 48.2 Å². The monoisotopic (exact) mass is 569 g/mol. The summed E-state index contributed by atoms with van der Waals surface area (Å²) in [6.07, 6.45) is 4.08. The predicted molar refractivity (Wildman–Crippen MR) is 151 cm³/mol. The first-order valence-corrected chi connectivity index (χ1v) is 13.4. The van der Waals surface area contributed by atoms with Crippen LogP contribution in [0.2, 0.25) is 10.2 Å². The third kappa shape index (κ3) is 7.91. The molecule has 9 nitrogen and oxygen atoms in total. The number of rotatable bonds is 10. The normalized spacial score (nSPS) is 13.2. The van der Waals surface area contributed by atoms with Gasteiger partial charge in [0, 0.05) is 41.3 Å². The molecule has 0 bridgehead atoms. The Morgan fingerprint density at radius 3 is 2.31 bits per heavy atom. The van der Waals surface area contributed by atoms with Gasteiger partial charge in [0.15, 0.2) is 0 Å². The number of likely N-dealkylation sites (N-methyl/N-ethyl adjacent to an activating group) is 1.